The van der Waals surface area contributed by atoms with Crippen LogP contribution < -0.4 is 10.4 Å². The fourth-order valence-corrected chi connectivity index (χ4v) is 11.5. The lowest BCUT2D eigenvalue weighted by atomic mass is 10.0. The second kappa shape index (κ2) is 9.92. The second-order valence-electron chi connectivity index (χ2n) is 10.1. The van der Waals surface area contributed by atoms with E-state index in [9.17, 15) is 0 Å². The first-order valence-corrected chi connectivity index (χ1v) is 15.4. The minimum Gasteiger partial charge on any atom is -0.309 e. The summed E-state index contributed by atoms with van der Waals surface area (Å²) < 4.78 is 2.39. The Morgan fingerprint density at radius 3 is 2.24 bits per heavy atom. The topological polar surface area (TPSA) is 28.8 Å². The van der Waals surface area contributed by atoms with Gasteiger partial charge in [0.15, 0.2) is 8.07 Å². The summed E-state index contributed by atoms with van der Waals surface area (Å²) in [6, 6.07) is 37.2. The molecule has 2 nitrogen and oxygen atoms in total. The zero-order valence-electron chi connectivity index (χ0n) is 21.9. The first-order chi connectivity index (χ1) is 18.7. The fraction of sp³-hybridized carbons (Fsp3) is 0.114. The molecule has 0 spiro atoms. The molecule has 4 aromatic carbocycles. The van der Waals surface area contributed by atoms with Crippen LogP contribution in [0.5, 0.6) is 0 Å². The highest BCUT2D eigenvalue weighted by atomic mass is 28.3. The van der Waals surface area contributed by atoms with Crippen LogP contribution in [0.25, 0.3) is 27.5 Å². The third-order valence-electron chi connectivity index (χ3n) is 7.92. The van der Waals surface area contributed by atoms with Gasteiger partial charge >= 0.3 is 0 Å². The number of allylic oxidation sites excluding steroid dienone is 6. The number of hydrogen-bond donors (Lipinski definition) is 1. The molecule has 0 radical (unpaired) electrons. The monoisotopic (exact) mass is 508 g/mol. The van der Waals surface area contributed by atoms with Crippen LogP contribution in [0.4, 0.5) is 0 Å². The Bertz CT molecular complexity index is 1720. The van der Waals surface area contributed by atoms with E-state index in [0.717, 1.165) is 17.3 Å². The summed E-state index contributed by atoms with van der Waals surface area (Å²) in [6.45, 7) is 4.39. The van der Waals surface area contributed by atoms with Gasteiger partial charge in [-0.3, -0.25) is 0 Å². The van der Waals surface area contributed by atoms with Gasteiger partial charge in [0.05, 0.1) is 11.0 Å². The molecule has 2 atom stereocenters. The van der Waals surface area contributed by atoms with Crippen LogP contribution >= 0.6 is 0 Å². The smallest absolute Gasteiger partial charge is 0.181 e. The van der Waals surface area contributed by atoms with E-state index in [1.807, 2.05) is 0 Å². The van der Waals surface area contributed by atoms with Crippen molar-refractivity contribution in [2.75, 3.05) is 0 Å². The third kappa shape index (κ3) is 3.66. The lowest BCUT2D eigenvalue weighted by Gasteiger charge is -2.37. The van der Waals surface area contributed by atoms with Crippen molar-refractivity contribution in [1.82, 2.24) is 4.57 Å². The van der Waals surface area contributed by atoms with Gasteiger partial charge in [-0.2, -0.15) is 0 Å². The van der Waals surface area contributed by atoms with E-state index in [2.05, 4.69) is 146 Å². The zero-order chi connectivity index (χ0) is 26.1. The Kier molecular flexibility index (Phi) is 6.30. The minimum absolute atomic E-state index is 0.458. The Hall–Kier alpha value is -4.21. The molecule has 1 aliphatic rings. The van der Waals surface area contributed by atoms with Crippen LogP contribution in [-0.4, -0.2) is 18.9 Å². The van der Waals surface area contributed by atoms with E-state index in [1.54, 1.807) is 6.21 Å². The van der Waals surface area contributed by atoms with Gasteiger partial charge in [0.2, 0.25) is 0 Å². The first kappa shape index (κ1) is 24.1. The molecule has 6 rings (SSSR count). The number of benzene rings is 4. The predicted octanol–water partition coefficient (Wildman–Crippen LogP) is 7.54. The van der Waals surface area contributed by atoms with Crippen molar-refractivity contribution in [1.29, 1.82) is 5.41 Å². The number of aromatic nitrogens is 1. The molecule has 1 aromatic heterocycles. The zero-order valence-corrected chi connectivity index (χ0v) is 22.9. The van der Waals surface area contributed by atoms with E-state index < -0.39 is 8.07 Å². The highest BCUT2D eigenvalue weighted by molar-refractivity contribution is 7.15. The number of nitrogens with one attached hydrogen (secondary N) is 1. The summed E-state index contributed by atoms with van der Waals surface area (Å²) in [7, 11) is -2.81. The molecule has 186 valence electrons. The maximum atomic E-state index is 8.68. The molecule has 1 unspecified atom stereocenters. The molecule has 38 heavy (non-hydrogen) atoms. The van der Waals surface area contributed by atoms with Crippen LogP contribution in [-0.2, 0) is 0 Å². The van der Waals surface area contributed by atoms with Gasteiger partial charge in [0, 0.05) is 22.7 Å². The molecule has 5 aromatic rings. The Balaban J connectivity index is 1.84. The number of nitrogens with zero attached hydrogens (tertiary/aromatic N) is 1. The van der Waals surface area contributed by atoms with Gasteiger partial charge in [-0.15, -0.1) is 0 Å². The van der Waals surface area contributed by atoms with Crippen LogP contribution in [0.15, 0.2) is 138 Å². The summed E-state index contributed by atoms with van der Waals surface area (Å²) >= 11 is 0. The van der Waals surface area contributed by atoms with Crippen molar-refractivity contribution in [3.8, 4) is 5.69 Å². The summed E-state index contributed by atoms with van der Waals surface area (Å²) in [5.41, 5.74) is 3.57. The van der Waals surface area contributed by atoms with Crippen molar-refractivity contribution < 1.29 is 0 Å². The normalized spacial score (nSPS) is 17.4. The first-order valence-electron chi connectivity index (χ1n) is 13.4. The molecular weight excluding hydrogens is 476 g/mol. The van der Waals surface area contributed by atoms with Gasteiger partial charge < -0.3 is 9.98 Å². The second-order valence-corrected chi connectivity index (χ2v) is 13.9. The standard InChI is InChI=1S/C35H32N2Si/c1-3-28(25-36)38(29-17-8-5-9-18-29,30-19-12-14-26(2)24-30)34-23-13-22-33-35(34)31-20-10-11-21-32(31)37(33)27-15-6-4-7-16-27/h3-13,15-26,36H,14H2,1-2H3/b28-3+,36-25?/t26-,38?/m1/s1. The lowest BCUT2D eigenvalue weighted by molar-refractivity contribution is 0.734. The van der Waals surface area contributed by atoms with Crippen molar-refractivity contribution >= 4 is 46.5 Å². The van der Waals surface area contributed by atoms with E-state index in [4.69, 9.17) is 5.41 Å². The molecule has 0 saturated carbocycles. The van der Waals surface area contributed by atoms with Gasteiger partial charge in [-0.25, -0.2) is 0 Å². The van der Waals surface area contributed by atoms with E-state index in [0.29, 0.717) is 5.92 Å². The number of rotatable bonds is 6. The van der Waals surface area contributed by atoms with E-state index in [-0.39, 0.29) is 0 Å². The van der Waals surface area contributed by atoms with Crippen LogP contribution in [0.1, 0.15) is 20.3 Å². The lowest BCUT2D eigenvalue weighted by Crippen LogP contribution is -2.62. The molecule has 3 heteroatoms. The summed E-state index contributed by atoms with van der Waals surface area (Å²) in [5, 5.41) is 16.3. The molecule has 1 aliphatic carbocycles. The number of fused-ring (bicyclic) bond motifs is 3. The molecule has 0 amide bonds. The summed E-state index contributed by atoms with van der Waals surface area (Å²) in [6.07, 6.45) is 12.0. The van der Waals surface area contributed by atoms with Crippen molar-refractivity contribution in [3.63, 3.8) is 0 Å². The Labute approximate surface area is 225 Å². The minimum atomic E-state index is -2.81. The highest BCUT2D eigenvalue weighted by Crippen LogP contribution is 2.36. The molecule has 1 N–H and O–H groups in total. The summed E-state index contributed by atoms with van der Waals surface area (Å²) in [5.74, 6) is 0.458. The summed E-state index contributed by atoms with van der Waals surface area (Å²) in [4.78, 5) is 0. The largest absolute Gasteiger partial charge is 0.309 e. The van der Waals surface area contributed by atoms with Crippen molar-refractivity contribution in [2.24, 2.45) is 5.92 Å². The van der Waals surface area contributed by atoms with Crippen LogP contribution in [0, 0.1) is 11.3 Å². The molecule has 0 aliphatic heterocycles. The predicted molar refractivity (Wildman–Crippen MR) is 166 cm³/mol. The van der Waals surface area contributed by atoms with Gasteiger partial charge in [-0.1, -0.05) is 110 Å². The van der Waals surface area contributed by atoms with Crippen molar-refractivity contribution in [3.05, 3.63) is 138 Å². The van der Waals surface area contributed by atoms with Crippen LogP contribution in [0.2, 0.25) is 0 Å². The van der Waals surface area contributed by atoms with Crippen molar-refractivity contribution in [2.45, 2.75) is 20.3 Å². The Morgan fingerprint density at radius 1 is 0.842 bits per heavy atom. The average molecular weight is 509 g/mol. The van der Waals surface area contributed by atoms with Gasteiger partial charge in [-0.05, 0) is 64.3 Å². The third-order valence-corrected chi connectivity index (χ3v) is 12.8. The maximum Gasteiger partial charge on any atom is 0.181 e. The fourth-order valence-electron chi connectivity index (χ4n) is 6.34. The number of hydrogen-bond acceptors (Lipinski definition) is 1. The maximum absolute atomic E-state index is 8.68. The van der Waals surface area contributed by atoms with Gasteiger partial charge in [0.1, 0.15) is 0 Å². The SMILES string of the molecule is C/C=C(\C=N)[Si](C1=C[C@H](C)CC=C1)(c1ccccc1)c1cccc2c1c1ccccc1n2-c1ccccc1. The van der Waals surface area contributed by atoms with E-state index >= 15 is 0 Å². The highest BCUT2D eigenvalue weighted by Gasteiger charge is 2.45. The van der Waals surface area contributed by atoms with Gasteiger partial charge in [0.25, 0.3) is 0 Å². The molecule has 0 fully saturated rings. The quantitative estimate of drug-likeness (QED) is 0.181. The van der Waals surface area contributed by atoms with E-state index in [1.165, 1.54) is 37.4 Å². The number of para-hydroxylation sites is 2. The Morgan fingerprint density at radius 2 is 1.53 bits per heavy atom. The molecule has 0 saturated heterocycles. The molecule has 1 heterocycles. The molecular formula is C35H32N2Si. The average Bonchev–Trinajstić information content (AvgIpc) is 3.31. The van der Waals surface area contributed by atoms with Crippen LogP contribution in [0.3, 0.4) is 0 Å². The molecule has 0 bridgehead atoms.